The van der Waals surface area contributed by atoms with E-state index >= 15 is 0 Å². The number of benzene rings is 2. The molecular formula is C17H21F2N3O3S. The van der Waals surface area contributed by atoms with Gasteiger partial charge in [0.25, 0.3) is 0 Å². The first-order chi connectivity index (χ1) is 12.4. The highest BCUT2D eigenvalue weighted by molar-refractivity contribution is 8.27. The van der Waals surface area contributed by atoms with Crippen molar-refractivity contribution < 1.29 is 23.0 Å². The van der Waals surface area contributed by atoms with Crippen molar-refractivity contribution in [3.8, 4) is 0 Å². The normalized spacial score (nSPS) is 17.9. The molecule has 2 aromatic carbocycles. The summed E-state index contributed by atoms with van der Waals surface area (Å²) >= 11 is 0. The van der Waals surface area contributed by atoms with Gasteiger partial charge in [-0.15, -0.1) is 0 Å². The highest BCUT2D eigenvalue weighted by atomic mass is 32.3. The minimum absolute atomic E-state index is 0.128. The van der Waals surface area contributed by atoms with Gasteiger partial charge >= 0.3 is 0 Å². The molecule has 0 amide bonds. The second-order valence-electron chi connectivity index (χ2n) is 5.97. The number of para-hydroxylation sites is 2. The van der Waals surface area contributed by atoms with E-state index in [4.69, 9.17) is 0 Å². The molecule has 0 saturated carbocycles. The van der Waals surface area contributed by atoms with Gasteiger partial charge in [-0.05, 0) is 48.7 Å². The third-order valence-corrected chi connectivity index (χ3v) is 6.00. The summed E-state index contributed by atoms with van der Waals surface area (Å²) in [6.07, 6.45) is -0.385. The fourth-order valence-electron chi connectivity index (χ4n) is 2.96. The summed E-state index contributed by atoms with van der Waals surface area (Å²) in [6, 6.07) is 9.70. The van der Waals surface area contributed by atoms with Crippen LogP contribution >= 0.6 is 11.0 Å². The van der Waals surface area contributed by atoms with Crippen LogP contribution in [-0.2, 0) is 0 Å². The number of nitrogens with zero attached hydrogens (tertiary/aromatic N) is 2. The van der Waals surface area contributed by atoms with Crippen LogP contribution in [0.2, 0.25) is 0 Å². The van der Waals surface area contributed by atoms with Crippen molar-refractivity contribution >= 4 is 28.0 Å². The largest absolute Gasteiger partial charge is 0.392 e. The molecule has 0 aliphatic carbocycles. The lowest BCUT2D eigenvalue weighted by Gasteiger charge is -2.44. The zero-order chi connectivity index (χ0) is 18.9. The van der Waals surface area contributed by atoms with Crippen molar-refractivity contribution in [1.82, 2.24) is 5.32 Å². The Morgan fingerprint density at radius 1 is 1.08 bits per heavy atom. The van der Waals surface area contributed by atoms with E-state index in [1.165, 1.54) is 10.4 Å². The molecule has 3 rings (SSSR count). The number of halogens is 2. The number of nitrogens with one attached hydrogen (secondary N) is 1. The summed E-state index contributed by atoms with van der Waals surface area (Å²) in [7, 11) is -1.90. The number of rotatable bonds is 6. The summed E-state index contributed by atoms with van der Waals surface area (Å²) in [5, 5.41) is 12.8. The molecule has 0 radical (unpaired) electrons. The van der Waals surface area contributed by atoms with Crippen LogP contribution in [0.25, 0.3) is 0 Å². The van der Waals surface area contributed by atoms with Crippen LogP contribution in [0, 0.1) is 11.6 Å². The second kappa shape index (κ2) is 7.37. The van der Waals surface area contributed by atoms with Crippen molar-refractivity contribution in [2.45, 2.75) is 12.5 Å². The molecule has 26 heavy (non-hydrogen) atoms. The van der Waals surface area contributed by atoms with Crippen LogP contribution in [0.4, 0.5) is 25.8 Å². The fraction of sp³-hybridized carbons (Fsp3) is 0.294. The van der Waals surface area contributed by atoms with Crippen LogP contribution < -0.4 is 13.9 Å². The Morgan fingerprint density at radius 3 is 2.42 bits per heavy atom. The Labute approximate surface area is 152 Å². The van der Waals surface area contributed by atoms with Crippen molar-refractivity contribution in [2.75, 3.05) is 28.7 Å². The van der Waals surface area contributed by atoms with Crippen molar-refractivity contribution in [3.05, 3.63) is 54.1 Å². The van der Waals surface area contributed by atoms with E-state index < -0.39 is 28.7 Å². The minimum atomic E-state index is -3.61. The molecule has 0 fully saturated rings. The summed E-state index contributed by atoms with van der Waals surface area (Å²) < 4.78 is 51.7. The molecule has 1 aliphatic heterocycles. The van der Waals surface area contributed by atoms with Gasteiger partial charge in [0.05, 0.1) is 17.5 Å². The number of likely N-dealkylation sites (N-methyl/N-ethyl adjacent to an activating group) is 1. The van der Waals surface area contributed by atoms with Crippen LogP contribution in [0.5, 0.6) is 0 Å². The SMILES string of the molecule is CNC[C@H](O)CCN1c2ccccc2N(c2ccc(F)cc2F)S1(O)O. The van der Waals surface area contributed by atoms with E-state index in [1.54, 1.807) is 31.3 Å². The third-order valence-electron chi connectivity index (χ3n) is 4.14. The molecule has 1 heterocycles. The lowest BCUT2D eigenvalue weighted by atomic mass is 10.2. The molecule has 0 unspecified atom stereocenters. The summed E-state index contributed by atoms with van der Waals surface area (Å²) in [5.74, 6) is -1.64. The van der Waals surface area contributed by atoms with E-state index in [0.29, 0.717) is 24.0 Å². The summed E-state index contributed by atoms with van der Waals surface area (Å²) in [6.45, 7) is 0.520. The standard InChI is InChI=1S/C17H21F2N3O3S/c1-20-11-13(23)8-9-21-16-4-2-3-5-17(16)22(26(21,24)25)15-7-6-12(18)10-14(15)19/h2-7,10,13,20,23-25H,8-9,11H2,1H3/t13-/m1/s1. The maximum atomic E-state index is 14.3. The molecule has 0 aromatic heterocycles. The Bertz CT molecular complexity index is 794. The monoisotopic (exact) mass is 385 g/mol. The Balaban J connectivity index is 1.99. The second-order valence-corrected chi connectivity index (χ2v) is 7.76. The molecule has 0 bridgehead atoms. The van der Waals surface area contributed by atoms with Crippen LogP contribution in [0.1, 0.15) is 6.42 Å². The lowest BCUT2D eigenvalue weighted by molar-refractivity contribution is 0.167. The zero-order valence-corrected chi connectivity index (χ0v) is 15.0. The van der Waals surface area contributed by atoms with E-state index in [1.807, 2.05) is 0 Å². The molecule has 1 atom stereocenters. The van der Waals surface area contributed by atoms with Gasteiger partial charge in [-0.1, -0.05) is 12.1 Å². The smallest absolute Gasteiger partial charge is 0.151 e. The highest BCUT2D eigenvalue weighted by Gasteiger charge is 2.42. The van der Waals surface area contributed by atoms with Gasteiger partial charge in [-0.2, -0.15) is 0 Å². The van der Waals surface area contributed by atoms with E-state index in [9.17, 15) is 23.0 Å². The average molecular weight is 385 g/mol. The molecule has 6 nitrogen and oxygen atoms in total. The Morgan fingerprint density at radius 2 is 1.77 bits per heavy atom. The van der Waals surface area contributed by atoms with E-state index in [0.717, 1.165) is 10.4 Å². The topological polar surface area (TPSA) is 79.2 Å². The van der Waals surface area contributed by atoms with Crippen molar-refractivity contribution in [3.63, 3.8) is 0 Å². The van der Waals surface area contributed by atoms with E-state index in [-0.39, 0.29) is 18.7 Å². The Hall–Kier alpha value is -1.91. The zero-order valence-electron chi connectivity index (χ0n) is 14.1. The fourth-order valence-corrected chi connectivity index (χ4v) is 4.76. The molecule has 9 heteroatoms. The first kappa shape index (κ1) is 18.9. The Kier molecular flexibility index (Phi) is 5.35. The van der Waals surface area contributed by atoms with Crippen LogP contribution in [0.15, 0.2) is 42.5 Å². The maximum absolute atomic E-state index is 14.3. The van der Waals surface area contributed by atoms with Crippen LogP contribution in [-0.4, -0.2) is 40.5 Å². The lowest BCUT2D eigenvalue weighted by Crippen LogP contribution is -2.35. The first-order valence-electron chi connectivity index (χ1n) is 8.09. The highest BCUT2D eigenvalue weighted by Crippen LogP contribution is 2.64. The quantitative estimate of drug-likeness (QED) is 0.610. The minimum Gasteiger partial charge on any atom is -0.392 e. The van der Waals surface area contributed by atoms with Gasteiger partial charge in [0.15, 0.2) is 5.82 Å². The number of hydrogen-bond acceptors (Lipinski definition) is 6. The molecule has 2 aromatic rings. The number of hydrogen-bond donors (Lipinski definition) is 4. The van der Waals surface area contributed by atoms with Gasteiger partial charge in [0.2, 0.25) is 0 Å². The number of aliphatic hydroxyl groups excluding tert-OH is 1. The maximum Gasteiger partial charge on any atom is 0.151 e. The summed E-state index contributed by atoms with van der Waals surface area (Å²) in [5.41, 5.74) is 0.783. The summed E-state index contributed by atoms with van der Waals surface area (Å²) in [4.78, 5) is 0. The molecule has 0 saturated heterocycles. The number of anilines is 3. The third kappa shape index (κ3) is 3.36. The van der Waals surface area contributed by atoms with Gasteiger partial charge in [-0.3, -0.25) is 13.4 Å². The van der Waals surface area contributed by atoms with E-state index in [2.05, 4.69) is 5.32 Å². The van der Waals surface area contributed by atoms with Crippen molar-refractivity contribution in [1.29, 1.82) is 0 Å². The van der Waals surface area contributed by atoms with Crippen molar-refractivity contribution in [2.24, 2.45) is 0 Å². The molecule has 0 spiro atoms. The predicted octanol–water partition coefficient (Wildman–Crippen LogP) is 3.47. The number of fused-ring (bicyclic) bond motifs is 1. The van der Waals surface area contributed by atoms with Gasteiger partial charge in [0, 0.05) is 19.2 Å². The average Bonchev–Trinajstić information content (AvgIpc) is 2.80. The molecule has 4 N–H and O–H groups in total. The van der Waals surface area contributed by atoms with Gasteiger partial charge in [0.1, 0.15) is 11.5 Å². The van der Waals surface area contributed by atoms with Gasteiger partial charge < -0.3 is 10.4 Å². The molecular weight excluding hydrogens is 364 g/mol. The van der Waals surface area contributed by atoms with Gasteiger partial charge in [-0.25, -0.2) is 13.1 Å². The predicted molar refractivity (Wildman–Crippen MR) is 99.7 cm³/mol. The molecule has 1 aliphatic rings. The first-order valence-corrected chi connectivity index (χ1v) is 9.55. The van der Waals surface area contributed by atoms with Crippen LogP contribution in [0.3, 0.4) is 0 Å². The number of aliphatic hydroxyl groups is 1. The molecule has 142 valence electrons.